The third kappa shape index (κ3) is 3.48. The highest BCUT2D eigenvalue weighted by Gasteiger charge is 2.67. The van der Waals surface area contributed by atoms with Gasteiger partial charge in [-0.3, -0.25) is 4.79 Å². The molecule has 0 heterocycles. The molecule has 4 saturated carbocycles. The second kappa shape index (κ2) is 7.84. The fraction of sp³-hybridized carbons (Fsp3) is 0.906. The van der Waals surface area contributed by atoms with Crippen LogP contribution in [0.3, 0.4) is 0 Å². The Kier molecular flexibility index (Phi) is 5.78. The fourth-order valence-electron chi connectivity index (χ4n) is 11.3. The third-order valence-corrected chi connectivity index (χ3v) is 13.1. The molecule has 8 atom stereocenters. The summed E-state index contributed by atoms with van der Waals surface area (Å²) in [7, 11) is 0. The lowest BCUT2D eigenvalue weighted by atomic mass is 9.34. The maximum atomic E-state index is 11.9. The number of carbonyl (C=O) groups excluding carboxylic acids is 1. The fourth-order valence-corrected chi connectivity index (χ4v) is 11.3. The Morgan fingerprint density at radius 1 is 0.886 bits per heavy atom. The number of aliphatic hydroxyl groups excluding tert-OH is 1. The summed E-state index contributed by atoms with van der Waals surface area (Å²) in [5, 5.41) is 10.7. The molecule has 0 aromatic heterocycles. The summed E-state index contributed by atoms with van der Waals surface area (Å²) in [4.78, 5) is 11.9. The van der Waals surface area contributed by atoms with Crippen molar-refractivity contribution in [2.75, 3.05) is 6.61 Å². The molecule has 1 N–H and O–H groups in total. The monoisotopic (exact) mass is 484 g/mol. The number of fused-ring (bicyclic) bond motifs is 7. The summed E-state index contributed by atoms with van der Waals surface area (Å²) in [5.41, 5.74) is 2.96. The van der Waals surface area contributed by atoms with E-state index in [9.17, 15) is 9.90 Å². The van der Waals surface area contributed by atoms with Crippen molar-refractivity contribution in [3.05, 3.63) is 11.6 Å². The van der Waals surface area contributed by atoms with E-state index in [0.717, 1.165) is 12.8 Å². The van der Waals surface area contributed by atoms with E-state index in [4.69, 9.17) is 4.74 Å². The van der Waals surface area contributed by atoms with E-state index < -0.39 is 0 Å². The van der Waals surface area contributed by atoms with Crippen molar-refractivity contribution >= 4 is 5.97 Å². The van der Waals surface area contributed by atoms with Gasteiger partial charge in [0.2, 0.25) is 0 Å². The SMILES string of the molecule is CC(=O)O[C@H]1CC[C@@]2(C)[C@@H](CC[C@@]3(C)C4=CC[C@@]5(CO)CCC(C)(C)C[C@H]5[C@]4(C)CC[C@@H]23)C1(C)C. The molecular formula is C32H52O3. The maximum absolute atomic E-state index is 11.9. The van der Waals surface area contributed by atoms with E-state index in [1.165, 1.54) is 51.4 Å². The van der Waals surface area contributed by atoms with Gasteiger partial charge in [0.25, 0.3) is 0 Å². The molecule has 5 aliphatic carbocycles. The quantitative estimate of drug-likeness (QED) is 0.322. The van der Waals surface area contributed by atoms with Crippen LogP contribution in [0.25, 0.3) is 0 Å². The van der Waals surface area contributed by atoms with Crippen LogP contribution in [-0.2, 0) is 9.53 Å². The number of allylic oxidation sites excluding steroid dienone is 2. The average Bonchev–Trinajstić information content (AvgIpc) is 2.75. The van der Waals surface area contributed by atoms with Crippen molar-refractivity contribution in [1.29, 1.82) is 0 Å². The normalized spacial score (nSPS) is 50.0. The molecule has 5 rings (SSSR count). The molecule has 0 aromatic rings. The highest BCUT2D eigenvalue weighted by molar-refractivity contribution is 5.66. The number of aliphatic hydroxyl groups is 1. The van der Waals surface area contributed by atoms with Crippen LogP contribution in [-0.4, -0.2) is 23.8 Å². The highest BCUT2D eigenvalue weighted by Crippen LogP contribution is 2.75. The standard InChI is InChI=1S/C32H52O3/c1-21(34)35-26-12-15-29(6)22(28(26,4)5)9-13-30(7)23(29)10-14-31(8)24(30)11-16-32(20-33)18-17-27(2,3)19-25(31)32/h11,22-23,25-26,33H,9-10,12-20H2,1-8H3/t22-,23-,25-,26-,29-,30+,31+,32-/m0/s1. The van der Waals surface area contributed by atoms with Crippen LogP contribution >= 0.6 is 0 Å². The summed E-state index contributed by atoms with van der Waals surface area (Å²) in [6, 6.07) is 0. The molecule has 3 heteroatoms. The maximum Gasteiger partial charge on any atom is 0.302 e. The highest BCUT2D eigenvalue weighted by atomic mass is 16.5. The Labute approximate surface area is 214 Å². The second-order valence-electron chi connectivity index (χ2n) is 15.7. The predicted octanol–water partition coefficient (Wildman–Crippen LogP) is 7.71. The summed E-state index contributed by atoms with van der Waals surface area (Å²) in [6.07, 6.45) is 14.6. The molecule has 5 aliphatic rings. The molecule has 0 unspecified atom stereocenters. The summed E-state index contributed by atoms with van der Waals surface area (Å²) in [6.45, 7) is 19.4. The number of carbonyl (C=O) groups is 1. The van der Waals surface area contributed by atoms with Crippen LogP contribution in [0.1, 0.15) is 120 Å². The molecule has 0 saturated heterocycles. The first-order valence-electron chi connectivity index (χ1n) is 14.6. The van der Waals surface area contributed by atoms with E-state index in [1.54, 1.807) is 12.5 Å². The van der Waals surface area contributed by atoms with Gasteiger partial charge >= 0.3 is 5.97 Å². The van der Waals surface area contributed by atoms with Crippen molar-refractivity contribution in [3.8, 4) is 0 Å². The topological polar surface area (TPSA) is 46.5 Å². The zero-order valence-electron chi connectivity index (χ0n) is 23.9. The average molecular weight is 485 g/mol. The Balaban J connectivity index is 1.52. The zero-order chi connectivity index (χ0) is 25.7. The van der Waals surface area contributed by atoms with Crippen LogP contribution in [0.5, 0.6) is 0 Å². The van der Waals surface area contributed by atoms with Gasteiger partial charge in [0.05, 0.1) is 0 Å². The molecule has 0 aliphatic heterocycles. The van der Waals surface area contributed by atoms with Crippen molar-refractivity contribution in [2.24, 2.45) is 50.2 Å². The molecule has 198 valence electrons. The van der Waals surface area contributed by atoms with Gasteiger partial charge < -0.3 is 9.84 Å². The van der Waals surface area contributed by atoms with Crippen LogP contribution in [0, 0.1) is 50.2 Å². The molecule has 0 aromatic carbocycles. The van der Waals surface area contributed by atoms with Gasteiger partial charge in [-0.25, -0.2) is 0 Å². The van der Waals surface area contributed by atoms with Gasteiger partial charge in [0.15, 0.2) is 0 Å². The molecule has 0 spiro atoms. The minimum absolute atomic E-state index is 0.0150. The lowest BCUT2D eigenvalue weighted by molar-refractivity contribution is -0.199. The van der Waals surface area contributed by atoms with Crippen LogP contribution in [0.2, 0.25) is 0 Å². The first kappa shape index (κ1) is 25.8. The van der Waals surface area contributed by atoms with E-state index in [-0.39, 0.29) is 39.1 Å². The van der Waals surface area contributed by atoms with Crippen molar-refractivity contribution in [2.45, 2.75) is 126 Å². The molecule has 35 heavy (non-hydrogen) atoms. The molecule has 4 fully saturated rings. The Hall–Kier alpha value is -0.830. The molecule has 0 radical (unpaired) electrons. The van der Waals surface area contributed by atoms with E-state index in [2.05, 4.69) is 54.5 Å². The minimum atomic E-state index is -0.129. The summed E-state index contributed by atoms with van der Waals surface area (Å²) >= 11 is 0. The smallest absolute Gasteiger partial charge is 0.302 e. The Bertz CT molecular complexity index is 916. The molecule has 0 amide bonds. The van der Waals surface area contributed by atoms with Crippen LogP contribution in [0.15, 0.2) is 11.6 Å². The number of hydrogen-bond donors (Lipinski definition) is 1. The van der Waals surface area contributed by atoms with Gasteiger partial charge in [-0.1, -0.05) is 60.1 Å². The lowest BCUT2D eigenvalue weighted by Gasteiger charge is -2.70. The Morgan fingerprint density at radius 2 is 1.51 bits per heavy atom. The summed E-state index contributed by atoms with van der Waals surface area (Å²) in [5.74, 6) is 1.73. The number of esters is 1. The number of hydrogen-bond acceptors (Lipinski definition) is 3. The van der Waals surface area contributed by atoms with E-state index >= 15 is 0 Å². The van der Waals surface area contributed by atoms with Gasteiger partial charge in [-0.15, -0.1) is 0 Å². The van der Waals surface area contributed by atoms with Gasteiger partial charge in [0.1, 0.15) is 6.10 Å². The van der Waals surface area contributed by atoms with Crippen molar-refractivity contribution in [1.82, 2.24) is 0 Å². The number of ether oxygens (including phenoxy) is 1. The van der Waals surface area contributed by atoms with E-state index in [0.29, 0.717) is 29.8 Å². The molecular weight excluding hydrogens is 432 g/mol. The Morgan fingerprint density at radius 3 is 2.14 bits per heavy atom. The first-order valence-corrected chi connectivity index (χ1v) is 14.6. The van der Waals surface area contributed by atoms with Crippen molar-refractivity contribution in [3.63, 3.8) is 0 Å². The predicted molar refractivity (Wildman–Crippen MR) is 142 cm³/mol. The summed E-state index contributed by atoms with van der Waals surface area (Å²) < 4.78 is 5.89. The van der Waals surface area contributed by atoms with Gasteiger partial charge in [0, 0.05) is 24.4 Å². The third-order valence-electron chi connectivity index (χ3n) is 13.1. The van der Waals surface area contributed by atoms with Gasteiger partial charge in [-0.05, 0) is 104 Å². The number of rotatable bonds is 2. The first-order chi connectivity index (χ1) is 16.1. The molecule has 0 bridgehead atoms. The minimum Gasteiger partial charge on any atom is -0.462 e. The van der Waals surface area contributed by atoms with Crippen LogP contribution in [0.4, 0.5) is 0 Å². The van der Waals surface area contributed by atoms with Crippen LogP contribution < -0.4 is 0 Å². The van der Waals surface area contributed by atoms with E-state index in [1.807, 2.05) is 0 Å². The molecule has 3 nitrogen and oxygen atoms in total. The van der Waals surface area contributed by atoms with Gasteiger partial charge in [-0.2, -0.15) is 0 Å². The largest absolute Gasteiger partial charge is 0.462 e. The zero-order valence-corrected chi connectivity index (χ0v) is 23.9. The second-order valence-corrected chi connectivity index (χ2v) is 15.7. The van der Waals surface area contributed by atoms with Crippen molar-refractivity contribution < 1.29 is 14.6 Å². The lowest BCUT2D eigenvalue weighted by Crippen LogP contribution is -2.63.